The Morgan fingerprint density at radius 3 is 2.21 bits per heavy atom. The van der Waals surface area contributed by atoms with Gasteiger partial charge in [-0.25, -0.2) is 13.1 Å². The smallest absolute Gasteiger partial charge is 0.291 e. The molecule has 3 rings (SSSR count). The highest BCUT2D eigenvalue weighted by molar-refractivity contribution is 7.89. The van der Waals surface area contributed by atoms with Crippen LogP contribution in [0.3, 0.4) is 0 Å². The zero-order valence-electron chi connectivity index (χ0n) is 19.4. The van der Waals surface area contributed by atoms with Gasteiger partial charge in [0.1, 0.15) is 0 Å². The highest BCUT2D eigenvalue weighted by atomic mass is 32.2. The maximum atomic E-state index is 12.5. The Morgan fingerprint density at radius 2 is 1.62 bits per heavy atom. The Morgan fingerprint density at radius 1 is 0.941 bits per heavy atom. The van der Waals surface area contributed by atoms with Gasteiger partial charge >= 0.3 is 0 Å². The molecule has 8 nitrogen and oxygen atoms in total. The maximum absolute atomic E-state index is 12.5. The van der Waals surface area contributed by atoms with Gasteiger partial charge in [-0.3, -0.25) is 9.59 Å². The van der Waals surface area contributed by atoms with E-state index in [1.807, 2.05) is 0 Å². The molecule has 1 heterocycles. The van der Waals surface area contributed by atoms with E-state index in [-0.39, 0.29) is 47.4 Å². The van der Waals surface area contributed by atoms with Crippen LogP contribution in [-0.2, 0) is 26.8 Å². The van der Waals surface area contributed by atoms with E-state index >= 15 is 0 Å². The first kappa shape index (κ1) is 25.2. The summed E-state index contributed by atoms with van der Waals surface area (Å²) in [6, 6.07) is 17.0. The summed E-state index contributed by atoms with van der Waals surface area (Å²) in [5, 5.41) is 5.47. The molecule has 34 heavy (non-hydrogen) atoms. The average Bonchev–Trinajstić information content (AvgIpc) is 3.33. The Bertz CT molecular complexity index is 1210. The average molecular weight is 484 g/mol. The van der Waals surface area contributed by atoms with E-state index < -0.39 is 10.0 Å². The predicted molar refractivity (Wildman–Crippen MR) is 130 cm³/mol. The molecule has 3 aromatic rings. The molecular weight excluding hydrogens is 454 g/mol. The molecule has 0 fully saturated rings. The van der Waals surface area contributed by atoms with Crippen molar-refractivity contribution in [1.82, 2.24) is 10.0 Å². The molecule has 0 atom stereocenters. The fraction of sp³-hybridized carbons (Fsp3) is 0.280. The van der Waals surface area contributed by atoms with E-state index in [0.29, 0.717) is 5.69 Å². The van der Waals surface area contributed by atoms with Crippen molar-refractivity contribution in [2.24, 2.45) is 0 Å². The Balaban J connectivity index is 1.42. The predicted octanol–water partition coefficient (Wildman–Crippen LogP) is 3.81. The van der Waals surface area contributed by atoms with E-state index in [2.05, 4.69) is 36.1 Å². The van der Waals surface area contributed by atoms with Gasteiger partial charge in [0, 0.05) is 25.2 Å². The van der Waals surface area contributed by atoms with Gasteiger partial charge in [-0.15, -0.1) is 0 Å². The molecule has 0 spiro atoms. The molecule has 3 N–H and O–H groups in total. The number of rotatable bonds is 9. The monoisotopic (exact) mass is 483 g/mol. The summed E-state index contributed by atoms with van der Waals surface area (Å²) >= 11 is 0. The van der Waals surface area contributed by atoms with Crippen molar-refractivity contribution in [2.75, 3.05) is 11.9 Å². The fourth-order valence-electron chi connectivity index (χ4n) is 3.11. The lowest BCUT2D eigenvalue weighted by atomic mass is 9.87. The molecule has 0 bridgehead atoms. The van der Waals surface area contributed by atoms with E-state index in [1.54, 1.807) is 60.7 Å². The Hall–Kier alpha value is -3.43. The highest BCUT2D eigenvalue weighted by Gasteiger charge is 2.17. The van der Waals surface area contributed by atoms with Crippen molar-refractivity contribution in [3.63, 3.8) is 0 Å². The maximum Gasteiger partial charge on any atom is 0.291 e. The second-order valence-corrected chi connectivity index (χ2v) is 10.6. The first-order valence-electron chi connectivity index (χ1n) is 10.9. The molecule has 0 aliphatic carbocycles. The molecule has 2 aromatic carbocycles. The minimum Gasteiger partial charge on any atom is -0.459 e. The van der Waals surface area contributed by atoms with Crippen molar-refractivity contribution in [3.05, 3.63) is 83.8 Å². The van der Waals surface area contributed by atoms with Crippen LogP contribution in [0.2, 0.25) is 0 Å². The van der Waals surface area contributed by atoms with Crippen molar-refractivity contribution in [1.29, 1.82) is 0 Å². The molecule has 0 aliphatic heterocycles. The van der Waals surface area contributed by atoms with Gasteiger partial charge in [-0.2, -0.15) is 0 Å². The summed E-state index contributed by atoms with van der Waals surface area (Å²) in [7, 11) is -3.69. The third kappa shape index (κ3) is 7.03. The van der Waals surface area contributed by atoms with Crippen LogP contribution in [0.1, 0.15) is 48.9 Å². The number of sulfonamides is 1. The van der Waals surface area contributed by atoms with E-state index in [4.69, 9.17) is 4.42 Å². The summed E-state index contributed by atoms with van der Waals surface area (Å²) in [5.74, 6) is -0.409. The number of hydrogen-bond donors (Lipinski definition) is 3. The van der Waals surface area contributed by atoms with Crippen LogP contribution in [0.25, 0.3) is 0 Å². The number of hydrogen-bond acceptors (Lipinski definition) is 5. The standard InChI is InChI=1S/C25H29N3O5S/c1-25(2,3)19-8-12-21(13-9-19)34(31,32)27-15-14-23(29)26-17-18-6-10-20(11-7-18)28-24(30)22-5-4-16-33-22/h4-13,16,27H,14-15,17H2,1-3H3,(H,26,29)(H,28,30). The van der Waals surface area contributed by atoms with Crippen molar-refractivity contribution >= 4 is 27.5 Å². The van der Waals surface area contributed by atoms with E-state index in [1.165, 1.54) is 6.26 Å². The Kier molecular flexibility index (Phi) is 7.90. The van der Waals surface area contributed by atoms with Gasteiger partial charge in [-0.05, 0) is 52.9 Å². The Labute approximate surface area is 199 Å². The van der Waals surface area contributed by atoms with Crippen LogP contribution >= 0.6 is 0 Å². The third-order valence-corrected chi connectivity index (χ3v) is 6.60. The number of nitrogens with one attached hydrogen (secondary N) is 3. The number of carbonyl (C=O) groups excluding carboxylic acids is 2. The fourth-order valence-corrected chi connectivity index (χ4v) is 4.14. The van der Waals surface area contributed by atoms with E-state index in [9.17, 15) is 18.0 Å². The van der Waals surface area contributed by atoms with Crippen molar-refractivity contribution in [3.8, 4) is 0 Å². The number of carbonyl (C=O) groups is 2. The third-order valence-electron chi connectivity index (χ3n) is 5.12. The number of benzene rings is 2. The molecule has 0 saturated heterocycles. The SMILES string of the molecule is CC(C)(C)c1ccc(S(=O)(=O)NCCC(=O)NCc2ccc(NC(=O)c3ccco3)cc2)cc1. The number of anilines is 1. The second kappa shape index (κ2) is 10.7. The van der Waals surface area contributed by atoms with Gasteiger partial charge in [0.25, 0.3) is 5.91 Å². The summed E-state index contributed by atoms with van der Waals surface area (Å²) in [6.07, 6.45) is 1.44. The second-order valence-electron chi connectivity index (χ2n) is 8.83. The highest BCUT2D eigenvalue weighted by Crippen LogP contribution is 2.23. The molecule has 0 unspecified atom stereocenters. The topological polar surface area (TPSA) is 118 Å². The van der Waals surface area contributed by atoms with Gasteiger partial charge in [0.05, 0.1) is 11.2 Å². The zero-order valence-corrected chi connectivity index (χ0v) is 20.2. The van der Waals surface area contributed by atoms with Crippen LogP contribution in [0.5, 0.6) is 0 Å². The first-order valence-corrected chi connectivity index (χ1v) is 12.3. The summed E-state index contributed by atoms with van der Waals surface area (Å²) in [5.41, 5.74) is 2.41. The van der Waals surface area contributed by atoms with Gasteiger partial charge in [0.15, 0.2) is 5.76 Å². The molecule has 0 radical (unpaired) electrons. The van der Waals surface area contributed by atoms with Crippen LogP contribution in [0.15, 0.2) is 76.2 Å². The molecule has 180 valence electrons. The molecule has 0 saturated carbocycles. The lowest BCUT2D eigenvalue weighted by molar-refractivity contribution is -0.121. The van der Waals surface area contributed by atoms with Gasteiger partial charge in [0.2, 0.25) is 15.9 Å². The lowest BCUT2D eigenvalue weighted by Crippen LogP contribution is -2.30. The van der Waals surface area contributed by atoms with Crippen LogP contribution in [0.4, 0.5) is 5.69 Å². The largest absolute Gasteiger partial charge is 0.459 e. The molecule has 1 aromatic heterocycles. The minimum atomic E-state index is -3.69. The number of furan rings is 1. The van der Waals surface area contributed by atoms with Crippen molar-refractivity contribution in [2.45, 2.75) is 44.0 Å². The summed E-state index contributed by atoms with van der Waals surface area (Å²) < 4.78 is 32.4. The first-order chi connectivity index (χ1) is 16.0. The molecule has 9 heteroatoms. The lowest BCUT2D eigenvalue weighted by Gasteiger charge is -2.19. The van der Waals surface area contributed by atoms with Crippen LogP contribution < -0.4 is 15.4 Å². The molecule has 0 aliphatic rings. The molecule has 2 amide bonds. The summed E-state index contributed by atoms with van der Waals surface area (Å²) in [4.78, 5) is 24.3. The minimum absolute atomic E-state index is 0.00701. The van der Waals surface area contributed by atoms with Gasteiger partial charge in [-0.1, -0.05) is 45.0 Å². The van der Waals surface area contributed by atoms with Crippen molar-refractivity contribution < 1.29 is 22.4 Å². The number of amides is 2. The van der Waals surface area contributed by atoms with E-state index in [0.717, 1.165) is 11.1 Å². The normalized spacial score (nSPS) is 11.7. The summed E-state index contributed by atoms with van der Waals surface area (Å²) in [6.45, 7) is 6.45. The van der Waals surface area contributed by atoms with Crippen LogP contribution in [0, 0.1) is 0 Å². The molecular formula is C25H29N3O5S. The quantitative estimate of drug-likeness (QED) is 0.428. The zero-order chi connectivity index (χ0) is 24.8. The van der Waals surface area contributed by atoms with Crippen LogP contribution in [-0.4, -0.2) is 26.8 Å². The van der Waals surface area contributed by atoms with Gasteiger partial charge < -0.3 is 15.1 Å².